The molecule has 0 aliphatic carbocycles. The molecule has 0 unspecified atom stereocenters. The molecule has 94 valence electrons. The van der Waals surface area contributed by atoms with Crippen LogP contribution < -0.4 is 10.2 Å². The second kappa shape index (κ2) is 5.95. The molecule has 0 saturated heterocycles. The van der Waals surface area contributed by atoms with Crippen LogP contribution in [0.4, 0.5) is 11.6 Å². The van der Waals surface area contributed by atoms with Gasteiger partial charge in [-0.2, -0.15) is 0 Å². The van der Waals surface area contributed by atoms with Crippen molar-refractivity contribution in [2.45, 2.75) is 6.42 Å². The molecule has 1 N–H and O–H groups in total. The van der Waals surface area contributed by atoms with E-state index in [0.717, 1.165) is 30.3 Å². The fourth-order valence-electron chi connectivity index (χ4n) is 1.64. The van der Waals surface area contributed by atoms with Gasteiger partial charge in [0.05, 0.1) is 0 Å². The number of hydrogen-bond donors (Lipinski definition) is 1. The van der Waals surface area contributed by atoms with E-state index in [4.69, 9.17) is 0 Å². The van der Waals surface area contributed by atoms with Gasteiger partial charge in [0.1, 0.15) is 18.0 Å². The van der Waals surface area contributed by atoms with E-state index in [-0.39, 0.29) is 0 Å². The van der Waals surface area contributed by atoms with Crippen LogP contribution in [0.15, 0.2) is 36.8 Å². The third kappa shape index (κ3) is 3.16. The zero-order valence-electron chi connectivity index (χ0n) is 10.7. The number of anilines is 2. The molecular formula is C13H17N5. The van der Waals surface area contributed by atoms with Crippen molar-refractivity contribution < 1.29 is 0 Å². The summed E-state index contributed by atoms with van der Waals surface area (Å²) in [6.07, 6.45) is 4.29. The molecule has 2 aromatic heterocycles. The largest absolute Gasteiger partial charge is 0.373 e. The summed E-state index contributed by atoms with van der Waals surface area (Å²) in [7, 11) is 3.87. The van der Waals surface area contributed by atoms with Crippen LogP contribution in [0.1, 0.15) is 5.69 Å². The van der Waals surface area contributed by atoms with Crippen LogP contribution in [0, 0.1) is 0 Å². The maximum atomic E-state index is 4.31. The topological polar surface area (TPSA) is 53.9 Å². The Morgan fingerprint density at radius 1 is 1.22 bits per heavy atom. The Balaban J connectivity index is 1.97. The minimum atomic E-state index is 0.824. The van der Waals surface area contributed by atoms with Gasteiger partial charge in [-0.15, -0.1) is 0 Å². The van der Waals surface area contributed by atoms with Gasteiger partial charge in [-0.05, 0) is 12.1 Å². The van der Waals surface area contributed by atoms with E-state index in [1.165, 1.54) is 0 Å². The van der Waals surface area contributed by atoms with Gasteiger partial charge in [0.2, 0.25) is 0 Å². The molecule has 0 fully saturated rings. The summed E-state index contributed by atoms with van der Waals surface area (Å²) >= 11 is 0. The van der Waals surface area contributed by atoms with Gasteiger partial charge in [0.15, 0.2) is 0 Å². The van der Waals surface area contributed by atoms with Crippen molar-refractivity contribution in [2.75, 3.05) is 30.9 Å². The normalized spacial score (nSPS) is 10.1. The monoisotopic (exact) mass is 243 g/mol. The van der Waals surface area contributed by atoms with Crippen molar-refractivity contribution in [1.29, 1.82) is 0 Å². The number of pyridine rings is 1. The van der Waals surface area contributed by atoms with E-state index < -0.39 is 0 Å². The Morgan fingerprint density at radius 2 is 2.11 bits per heavy atom. The van der Waals surface area contributed by atoms with E-state index in [1.54, 1.807) is 6.33 Å². The minimum absolute atomic E-state index is 0.824. The predicted molar refractivity (Wildman–Crippen MR) is 72.8 cm³/mol. The first-order valence-corrected chi connectivity index (χ1v) is 5.90. The maximum Gasteiger partial charge on any atom is 0.133 e. The molecular weight excluding hydrogens is 226 g/mol. The van der Waals surface area contributed by atoms with E-state index in [9.17, 15) is 0 Å². The first kappa shape index (κ1) is 12.3. The van der Waals surface area contributed by atoms with Gasteiger partial charge in [-0.3, -0.25) is 4.98 Å². The second-order valence-corrected chi connectivity index (χ2v) is 4.00. The first-order chi connectivity index (χ1) is 8.79. The summed E-state index contributed by atoms with van der Waals surface area (Å²) in [6, 6.07) is 7.90. The van der Waals surface area contributed by atoms with Crippen LogP contribution >= 0.6 is 0 Å². The number of rotatable bonds is 5. The Labute approximate surface area is 107 Å². The van der Waals surface area contributed by atoms with Crippen LogP contribution in [0.2, 0.25) is 0 Å². The lowest BCUT2D eigenvalue weighted by atomic mass is 10.2. The molecule has 0 atom stereocenters. The fourth-order valence-corrected chi connectivity index (χ4v) is 1.64. The molecule has 2 aromatic rings. The highest BCUT2D eigenvalue weighted by Crippen LogP contribution is 2.12. The Kier molecular flexibility index (Phi) is 4.06. The summed E-state index contributed by atoms with van der Waals surface area (Å²) in [5.41, 5.74) is 1.09. The second-order valence-electron chi connectivity index (χ2n) is 4.00. The number of likely N-dealkylation sites (N-methyl/N-ethyl adjacent to an activating group) is 1. The highest BCUT2D eigenvalue weighted by molar-refractivity contribution is 5.47. The van der Waals surface area contributed by atoms with Crippen LogP contribution in [0.3, 0.4) is 0 Å². The zero-order valence-corrected chi connectivity index (χ0v) is 10.7. The molecule has 5 nitrogen and oxygen atoms in total. The quantitative estimate of drug-likeness (QED) is 0.864. The number of aromatic nitrogens is 3. The van der Waals surface area contributed by atoms with Gasteiger partial charge in [0, 0.05) is 45.0 Å². The Bertz CT molecular complexity index is 486. The summed E-state index contributed by atoms with van der Waals surface area (Å²) < 4.78 is 0. The zero-order chi connectivity index (χ0) is 12.8. The predicted octanol–water partition coefficient (Wildman–Crippen LogP) is 1.59. The highest BCUT2D eigenvalue weighted by atomic mass is 15.2. The molecule has 0 saturated carbocycles. The van der Waals surface area contributed by atoms with Gasteiger partial charge in [0.25, 0.3) is 0 Å². The summed E-state index contributed by atoms with van der Waals surface area (Å²) in [5, 5.41) is 3.01. The van der Waals surface area contributed by atoms with Crippen molar-refractivity contribution in [3.8, 4) is 0 Å². The molecule has 2 heterocycles. The molecule has 0 radical (unpaired) electrons. The van der Waals surface area contributed by atoms with Crippen LogP contribution in [0.25, 0.3) is 0 Å². The van der Waals surface area contributed by atoms with Gasteiger partial charge < -0.3 is 10.2 Å². The highest BCUT2D eigenvalue weighted by Gasteiger charge is 2.04. The van der Waals surface area contributed by atoms with E-state index in [2.05, 4.69) is 25.2 Å². The van der Waals surface area contributed by atoms with Gasteiger partial charge in [-0.1, -0.05) is 6.07 Å². The molecule has 2 rings (SSSR count). The third-order valence-electron chi connectivity index (χ3n) is 2.73. The average molecular weight is 243 g/mol. The van der Waals surface area contributed by atoms with Crippen molar-refractivity contribution >= 4 is 11.6 Å². The van der Waals surface area contributed by atoms with E-state index >= 15 is 0 Å². The Morgan fingerprint density at radius 3 is 2.83 bits per heavy atom. The molecule has 0 bridgehead atoms. The lowest BCUT2D eigenvalue weighted by Gasteiger charge is -2.18. The van der Waals surface area contributed by atoms with Crippen LogP contribution in [0.5, 0.6) is 0 Å². The van der Waals surface area contributed by atoms with Crippen LogP contribution in [-0.2, 0) is 6.42 Å². The molecule has 5 heteroatoms. The van der Waals surface area contributed by atoms with Crippen molar-refractivity contribution in [1.82, 2.24) is 15.0 Å². The maximum absolute atomic E-state index is 4.31. The van der Waals surface area contributed by atoms with E-state index in [0.29, 0.717) is 0 Å². The van der Waals surface area contributed by atoms with Crippen LogP contribution in [-0.4, -0.2) is 35.6 Å². The summed E-state index contributed by atoms with van der Waals surface area (Å²) in [6.45, 7) is 0.872. The average Bonchev–Trinajstić information content (AvgIpc) is 2.46. The van der Waals surface area contributed by atoms with Gasteiger partial charge in [-0.25, -0.2) is 9.97 Å². The van der Waals surface area contributed by atoms with E-state index in [1.807, 2.05) is 44.6 Å². The van der Waals surface area contributed by atoms with Crippen molar-refractivity contribution in [3.05, 3.63) is 42.5 Å². The first-order valence-electron chi connectivity index (χ1n) is 5.90. The smallest absolute Gasteiger partial charge is 0.133 e. The summed E-state index contributed by atoms with van der Waals surface area (Å²) in [4.78, 5) is 14.8. The molecule has 0 amide bonds. The number of nitrogens with zero attached hydrogens (tertiary/aromatic N) is 4. The lowest BCUT2D eigenvalue weighted by Crippen LogP contribution is -2.21. The lowest BCUT2D eigenvalue weighted by molar-refractivity contribution is 0.836. The summed E-state index contributed by atoms with van der Waals surface area (Å²) in [5.74, 6) is 1.73. The number of hydrogen-bond acceptors (Lipinski definition) is 5. The Hall–Kier alpha value is -2.17. The molecule has 0 spiro atoms. The number of nitrogens with one attached hydrogen (secondary N) is 1. The SMILES string of the molecule is CNc1cc(N(C)CCc2ccccn2)ncn1. The van der Waals surface area contributed by atoms with Gasteiger partial charge >= 0.3 is 0 Å². The molecule has 0 aliphatic rings. The van der Waals surface area contributed by atoms with Crippen molar-refractivity contribution in [2.24, 2.45) is 0 Å². The molecule has 0 aliphatic heterocycles. The third-order valence-corrected chi connectivity index (χ3v) is 2.73. The molecule has 18 heavy (non-hydrogen) atoms. The standard InChI is InChI=1S/C13H17N5/c1-14-12-9-13(17-10-16-12)18(2)8-6-11-5-3-4-7-15-11/h3-5,7,9-10H,6,8H2,1-2H3,(H,14,16,17). The molecule has 0 aromatic carbocycles. The fraction of sp³-hybridized carbons (Fsp3) is 0.308. The minimum Gasteiger partial charge on any atom is -0.373 e. The van der Waals surface area contributed by atoms with Crippen molar-refractivity contribution in [3.63, 3.8) is 0 Å².